The number of H-pyrrole nitrogens is 1. The first kappa shape index (κ1) is 31.7. The molecule has 6 rings (SSSR count). The third kappa shape index (κ3) is 6.13. The van der Waals surface area contributed by atoms with Crippen molar-refractivity contribution < 1.29 is 13.2 Å². The fraction of sp³-hybridized carbons (Fsp3) is 0.400. The molecule has 11 heteroatoms. The Hall–Kier alpha value is -4.22. The number of rotatable bonds is 10. The van der Waals surface area contributed by atoms with Crippen molar-refractivity contribution in [2.75, 3.05) is 38.1 Å². The number of anilines is 1. The fourth-order valence-electron chi connectivity index (χ4n) is 6.56. The molecule has 1 atom stereocenters. The molecule has 0 bridgehead atoms. The maximum absolute atomic E-state index is 14.2. The standard InChI is InChI=1S/C35H42N6O4S/c1-6-7-31(25-8-9-25)46(44,45)41-21-23(3)33-28(34(42)37-20-29-22(2)16-24(4)38-35(29)43)17-27(18-30(33)41)26-10-11-32(36-19-26)40-14-12-39(5)13-15-40/h6,10-11,16-19,21,25,31H,1,7-9,12-15,20H2,2-5H3,(H,37,42)(H,38,43). The van der Waals surface area contributed by atoms with Gasteiger partial charge in [-0.2, -0.15) is 0 Å². The largest absolute Gasteiger partial charge is 0.354 e. The van der Waals surface area contributed by atoms with Crippen molar-refractivity contribution in [3.05, 3.63) is 93.7 Å². The second-order valence-corrected chi connectivity index (χ2v) is 14.8. The lowest BCUT2D eigenvalue weighted by Gasteiger charge is -2.33. The van der Waals surface area contributed by atoms with Gasteiger partial charge in [0.15, 0.2) is 0 Å². The lowest BCUT2D eigenvalue weighted by molar-refractivity contribution is 0.0952. The lowest BCUT2D eigenvalue weighted by Crippen LogP contribution is -2.44. The summed E-state index contributed by atoms with van der Waals surface area (Å²) in [5.41, 5.74) is 4.68. The van der Waals surface area contributed by atoms with Crippen LogP contribution >= 0.6 is 0 Å². The Balaban J connectivity index is 1.43. The summed E-state index contributed by atoms with van der Waals surface area (Å²) in [6.07, 6.45) is 7.19. The van der Waals surface area contributed by atoms with Gasteiger partial charge in [0.25, 0.3) is 11.5 Å². The van der Waals surface area contributed by atoms with Crippen LogP contribution < -0.4 is 15.8 Å². The van der Waals surface area contributed by atoms with Crippen molar-refractivity contribution in [3.8, 4) is 11.1 Å². The van der Waals surface area contributed by atoms with Crippen LogP contribution in [0.4, 0.5) is 5.82 Å². The Morgan fingerprint density at radius 2 is 1.83 bits per heavy atom. The molecule has 2 aliphatic rings. The van der Waals surface area contributed by atoms with Crippen molar-refractivity contribution >= 4 is 32.7 Å². The van der Waals surface area contributed by atoms with Crippen LogP contribution in [-0.2, 0) is 16.6 Å². The van der Waals surface area contributed by atoms with Gasteiger partial charge in [0.1, 0.15) is 5.82 Å². The molecule has 1 aliphatic carbocycles. The van der Waals surface area contributed by atoms with E-state index in [0.29, 0.717) is 39.6 Å². The minimum atomic E-state index is -3.80. The van der Waals surface area contributed by atoms with E-state index >= 15 is 0 Å². The van der Waals surface area contributed by atoms with E-state index in [1.165, 1.54) is 3.97 Å². The van der Waals surface area contributed by atoms with Crippen LogP contribution in [0.15, 0.2) is 60.2 Å². The zero-order chi connectivity index (χ0) is 32.7. The Morgan fingerprint density at radius 3 is 2.46 bits per heavy atom. The fourth-order valence-corrected chi connectivity index (χ4v) is 8.71. The van der Waals surface area contributed by atoms with Gasteiger partial charge in [-0.1, -0.05) is 6.08 Å². The minimum Gasteiger partial charge on any atom is -0.354 e. The first-order chi connectivity index (χ1) is 22.0. The summed E-state index contributed by atoms with van der Waals surface area (Å²) in [6.45, 7) is 13.0. The molecular formula is C35H42N6O4S. The number of likely N-dealkylation sites (N-methyl/N-ethyl adjacent to an activating group) is 1. The van der Waals surface area contributed by atoms with Crippen molar-refractivity contribution in [1.29, 1.82) is 0 Å². The second kappa shape index (κ2) is 12.5. The van der Waals surface area contributed by atoms with Gasteiger partial charge in [0, 0.05) is 72.9 Å². The topological polar surface area (TPSA) is 120 Å². The SMILES string of the molecule is C=CCC(C1CC1)S(=O)(=O)n1cc(C)c2c(C(=O)NCc3c(C)cc(C)[nH]c3=O)cc(-c3ccc(N4CCN(C)CC4)nc3)cc21. The molecule has 1 aliphatic heterocycles. The van der Waals surface area contributed by atoms with Gasteiger partial charge < -0.3 is 20.1 Å². The molecule has 3 aromatic heterocycles. The van der Waals surface area contributed by atoms with E-state index in [1.54, 1.807) is 24.5 Å². The molecule has 10 nitrogen and oxygen atoms in total. The average molecular weight is 643 g/mol. The third-order valence-corrected chi connectivity index (χ3v) is 11.5. The quantitative estimate of drug-likeness (QED) is 0.244. The summed E-state index contributed by atoms with van der Waals surface area (Å²) < 4.78 is 29.7. The highest BCUT2D eigenvalue weighted by atomic mass is 32.2. The van der Waals surface area contributed by atoms with Crippen molar-refractivity contribution in [1.82, 2.24) is 24.2 Å². The van der Waals surface area contributed by atoms with E-state index in [9.17, 15) is 18.0 Å². The Labute approximate surface area is 270 Å². The molecule has 1 saturated carbocycles. The van der Waals surface area contributed by atoms with Crippen LogP contribution in [0, 0.1) is 26.7 Å². The smallest absolute Gasteiger partial charge is 0.253 e. The van der Waals surface area contributed by atoms with Crippen LogP contribution in [0.2, 0.25) is 0 Å². The maximum atomic E-state index is 14.2. The highest BCUT2D eigenvalue weighted by Gasteiger charge is 2.41. The van der Waals surface area contributed by atoms with Gasteiger partial charge >= 0.3 is 0 Å². The molecule has 0 spiro atoms. The Morgan fingerprint density at radius 1 is 1.09 bits per heavy atom. The van der Waals surface area contributed by atoms with Crippen molar-refractivity contribution in [3.63, 3.8) is 0 Å². The predicted molar refractivity (Wildman–Crippen MR) is 183 cm³/mol. The molecule has 1 aromatic carbocycles. The molecule has 4 heterocycles. The minimum absolute atomic E-state index is 0.0361. The number of benzene rings is 1. The molecule has 2 fully saturated rings. The zero-order valence-corrected chi connectivity index (χ0v) is 27.8. The molecule has 2 N–H and O–H groups in total. The summed E-state index contributed by atoms with van der Waals surface area (Å²) in [4.78, 5) is 38.7. The summed E-state index contributed by atoms with van der Waals surface area (Å²) >= 11 is 0. The Bertz CT molecular complexity index is 1970. The molecule has 1 saturated heterocycles. The monoisotopic (exact) mass is 642 g/mol. The van der Waals surface area contributed by atoms with Gasteiger partial charge in [0.05, 0.1) is 10.8 Å². The summed E-state index contributed by atoms with van der Waals surface area (Å²) in [5.74, 6) is 0.582. The number of nitrogens with zero attached hydrogens (tertiary/aromatic N) is 4. The zero-order valence-electron chi connectivity index (χ0n) is 27.0. The predicted octanol–water partition coefficient (Wildman–Crippen LogP) is 4.53. The number of aromatic nitrogens is 3. The molecule has 46 heavy (non-hydrogen) atoms. The van der Waals surface area contributed by atoms with Gasteiger partial charge in [-0.05, 0) is 100 Å². The number of pyridine rings is 2. The van der Waals surface area contributed by atoms with Gasteiger partial charge in [-0.3, -0.25) is 9.59 Å². The molecular weight excluding hydrogens is 600 g/mol. The molecule has 0 radical (unpaired) electrons. The van der Waals surface area contributed by atoms with Crippen molar-refractivity contribution in [2.45, 2.75) is 51.8 Å². The van der Waals surface area contributed by atoms with Gasteiger partial charge in [0.2, 0.25) is 10.0 Å². The molecule has 4 aromatic rings. The molecule has 1 unspecified atom stereocenters. The Kier molecular flexibility index (Phi) is 8.64. The van der Waals surface area contributed by atoms with E-state index in [4.69, 9.17) is 4.98 Å². The summed E-state index contributed by atoms with van der Waals surface area (Å²) in [7, 11) is -1.69. The summed E-state index contributed by atoms with van der Waals surface area (Å²) in [5, 5.41) is 2.91. The number of nitrogens with one attached hydrogen (secondary N) is 2. The van der Waals surface area contributed by atoms with E-state index in [1.807, 2.05) is 45.0 Å². The maximum Gasteiger partial charge on any atom is 0.253 e. The van der Waals surface area contributed by atoms with Crippen LogP contribution in [0.5, 0.6) is 0 Å². The van der Waals surface area contributed by atoms with Crippen molar-refractivity contribution in [2.24, 2.45) is 5.92 Å². The number of carbonyl (C=O) groups is 1. The molecule has 242 valence electrons. The van der Waals surface area contributed by atoms with E-state index in [0.717, 1.165) is 61.7 Å². The number of hydrogen-bond donors (Lipinski definition) is 2. The summed E-state index contributed by atoms with van der Waals surface area (Å²) in [6, 6.07) is 9.46. The lowest BCUT2D eigenvalue weighted by atomic mass is 9.99. The van der Waals surface area contributed by atoms with Gasteiger partial charge in [-0.15, -0.1) is 6.58 Å². The number of aryl methyl sites for hydroxylation is 3. The normalized spacial score (nSPS) is 16.5. The number of piperazine rings is 1. The molecule has 1 amide bonds. The first-order valence-electron chi connectivity index (χ1n) is 15.9. The van der Waals surface area contributed by atoms with E-state index in [2.05, 4.69) is 33.7 Å². The second-order valence-electron chi connectivity index (χ2n) is 12.8. The number of allylic oxidation sites excluding steroid dienone is 1. The average Bonchev–Trinajstić information content (AvgIpc) is 3.80. The van der Waals surface area contributed by atoms with Crippen LogP contribution in [0.25, 0.3) is 22.0 Å². The highest BCUT2D eigenvalue weighted by molar-refractivity contribution is 7.90. The third-order valence-electron chi connectivity index (χ3n) is 9.34. The number of amides is 1. The number of aromatic amines is 1. The van der Waals surface area contributed by atoms with Crippen LogP contribution in [0.3, 0.4) is 0 Å². The van der Waals surface area contributed by atoms with E-state index < -0.39 is 21.2 Å². The van der Waals surface area contributed by atoms with Crippen LogP contribution in [0.1, 0.15) is 52.0 Å². The van der Waals surface area contributed by atoms with Gasteiger partial charge in [-0.25, -0.2) is 17.4 Å². The number of fused-ring (bicyclic) bond motifs is 1. The highest BCUT2D eigenvalue weighted by Crippen LogP contribution is 2.40. The van der Waals surface area contributed by atoms with E-state index in [-0.39, 0.29) is 18.0 Å². The number of carbonyl (C=O) groups excluding carboxylic acids is 1. The van der Waals surface area contributed by atoms with Crippen LogP contribution in [-0.4, -0.2) is 71.6 Å². The first-order valence-corrected chi connectivity index (χ1v) is 17.4. The number of hydrogen-bond acceptors (Lipinski definition) is 7.